The molecule has 1 aromatic carbocycles. The van der Waals surface area contributed by atoms with Gasteiger partial charge in [-0.05, 0) is 37.2 Å². The molecule has 19 heavy (non-hydrogen) atoms. The second-order valence-electron chi connectivity index (χ2n) is 4.48. The monoisotopic (exact) mass is 279 g/mol. The number of rotatable bonds is 4. The summed E-state index contributed by atoms with van der Waals surface area (Å²) in [6, 6.07) is 6.41. The molecule has 0 spiro atoms. The van der Waals surface area contributed by atoms with Crippen LogP contribution in [0.1, 0.15) is 24.1 Å². The van der Waals surface area contributed by atoms with Gasteiger partial charge in [-0.3, -0.25) is 0 Å². The Kier molecular flexibility index (Phi) is 3.79. The third-order valence-electron chi connectivity index (χ3n) is 3.07. The molecule has 1 N–H and O–H groups in total. The van der Waals surface area contributed by atoms with Gasteiger partial charge in [0.2, 0.25) is 5.89 Å². The average molecular weight is 279 g/mol. The molecule has 6 heteroatoms. The molecule has 0 amide bonds. The first-order chi connectivity index (χ1) is 9.31. The molecule has 4 nitrogen and oxygen atoms in total. The van der Waals surface area contributed by atoms with Crippen molar-refractivity contribution >= 4 is 11.8 Å². The molecule has 1 aliphatic rings. The van der Waals surface area contributed by atoms with E-state index in [0.717, 1.165) is 30.3 Å². The normalized spacial score (nSPS) is 18.9. The van der Waals surface area contributed by atoms with Crippen LogP contribution in [0.4, 0.5) is 4.39 Å². The molecule has 2 aromatic rings. The van der Waals surface area contributed by atoms with E-state index in [9.17, 15) is 4.39 Å². The molecular weight excluding hydrogens is 265 g/mol. The summed E-state index contributed by atoms with van der Waals surface area (Å²) in [6.07, 6.45) is 1.05. The topological polar surface area (TPSA) is 51.0 Å². The Bertz CT molecular complexity index is 537. The van der Waals surface area contributed by atoms with Crippen LogP contribution in [0.2, 0.25) is 0 Å². The van der Waals surface area contributed by atoms with Gasteiger partial charge in [0.1, 0.15) is 5.82 Å². The molecule has 100 valence electrons. The molecule has 2 heterocycles. The lowest BCUT2D eigenvalue weighted by Crippen LogP contribution is -2.08. The van der Waals surface area contributed by atoms with Gasteiger partial charge in [-0.15, -0.1) is 11.8 Å². The van der Waals surface area contributed by atoms with Crippen molar-refractivity contribution in [2.24, 2.45) is 0 Å². The largest absolute Gasteiger partial charge is 0.339 e. The highest BCUT2D eigenvalue weighted by Gasteiger charge is 2.22. The van der Waals surface area contributed by atoms with Crippen molar-refractivity contribution in [3.8, 4) is 0 Å². The molecule has 0 bridgehead atoms. The Labute approximate surface area is 114 Å². The second-order valence-corrected chi connectivity index (χ2v) is 5.53. The maximum absolute atomic E-state index is 12.8. The van der Waals surface area contributed by atoms with E-state index in [1.807, 2.05) is 0 Å². The fourth-order valence-corrected chi connectivity index (χ4v) is 2.78. The first-order valence-corrected chi connectivity index (χ1v) is 7.21. The molecule has 3 rings (SSSR count). The first-order valence-electron chi connectivity index (χ1n) is 6.23. The zero-order valence-corrected chi connectivity index (χ0v) is 11.1. The van der Waals surface area contributed by atoms with Crippen LogP contribution in [0.15, 0.2) is 33.7 Å². The lowest BCUT2D eigenvalue weighted by Gasteiger charge is -1.99. The highest BCUT2D eigenvalue weighted by molar-refractivity contribution is 7.98. The summed E-state index contributed by atoms with van der Waals surface area (Å²) in [7, 11) is 0. The summed E-state index contributed by atoms with van der Waals surface area (Å²) in [5.41, 5.74) is 0. The molecule has 1 saturated heterocycles. The maximum Gasteiger partial charge on any atom is 0.231 e. The Morgan fingerprint density at radius 1 is 1.37 bits per heavy atom. The van der Waals surface area contributed by atoms with E-state index < -0.39 is 0 Å². The minimum absolute atomic E-state index is 0.222. The maximum atomic E-state index is 12.8. The van der Waals surface area contributed by atoms with Crippen LogP contribution in [0.3, 0.4) is 0 Å². The molecule has 0 aliphatic carbocycles. The van der Waals surface area contributed by atoms with Crippen LogP contribution in [-0.4, -0.2) is 23.2 Å². The second kappa shape index (κ2) is 5.71. The van der Waals surface area contributed by atoms with Crippen LogP contribution >= 0.6 is 11.8 Å². The number of hydrogen-bond acceptors (Lipinski definition) is 5. The number of thioether (sulfide) groups is 1. The zero-order valence-electron chi connectivity index (χ0n) is 10.3. The van der Waals surface area contributed by atoms with E-state index in [4.69, 9.17) is 4.52 Å². The van der Waals surface area contributed by atoms with Gasteiger partial charge < -0.3 is 9.84 Å². The Morgan fingerprint density at radius 3 is 2.95 bits per heavy atom. The van der Waals surface area contributed by atoms with Crippen molar-refractivity contribution in [1.82, 2.24) is 15.5 Å². The minimum atomic E-state index is -0.222. The highest BCUT2D eigenvalue weighted by atomic mass is 32.2. The quantitative estimate of drug-likeness (QED) is 0.872. The van der Waals surface area contributed by atoms with Crippen molar-refractivity contribution in [2.75, 3.05) is 13.1 Å². The van der Waals surface area contributed by atoms with Gasteiger partial charge in [-0.1, -0.05) is 5.16 Å². The smallest absolute Gasteiger partial charge is 0.231 e. The molecule has 1 aromatic heterocycles. The van der Waals surface area contributed by atoms with Crippen LogP contribution in [0, 0.1) is 5.82 Å². The molecule has 1 unspecified atom stereocenters. The van der Waals surface area contributed by atoms with Gasteiger partial charge in [0, 0.05) is 11.4 Å². The van der Waals surface area contributed by atoms with Gasteiger partial charge in [0.05, 0.1) is 11.7 Å². The first kappa shape index (κ1) is 12.6. The molecule has 1 aliphatic heterocycles. The van der Waals surface area contributed by atoms with Gasteiger partial charge in [-0.2, -0.15) is 4.98 Å². The summed E-state index contributed by atoms with van der Waals surface area (Å²) in [5.74, 6) is 2.17. The van der Waals surface area contributed by atoms with E-state index in [1.165, 1.54) is 12.1 Å². The number of nitrogens with zero attached hydrogens (tertiary/aromatic N) is 2. The van der Waals surface area contributed by atoms with Crippen molar-refractivity contribution in [3.63, 3.8) is 0 Å². The Morgan fingerprint density at radius 2 is 2.21 bits per heavy atom. The van der Waals surface area contributed by atoms with Crippen molar-refractivity contribution in [2.45, 2.75) is 23.0 Å². The molecular formula is C13H14FN3OS. The fourth-order valence-electron chi connectivity index (χ4n) is 2.04. The number of halogens is 1. The van der Waals surface area contributed by atoms with Gasteiger partial charge in [-0.25, -0.2) is 4.39 Å². The Hall–Kier alpha value is -1.40. The van der Waals surface area contributed by atoms with Crippen LogP contribution < -0.4 is 5.32 Å². The highest BCUT2D eigenvalue weighted by Crippen LogP contribution is 2.24. The lowest BCUT2D eigenvalue weighted by molar-refractivity contribution is 0.355. The van der Waals surface area contributed by atoms with Gasteiger partial charge in [0.25, 0.3) is 0 Å². The van der Waals surface area contributed by atoms with Crippen molar-refractivity contribution in [3.05, 3.63) is 41.8 Å². The van der Waals surface area contributed by atoms with E-state index in [1.54, 1.807) is 23.9 Å². The summed E-state index contributed by atoms with van der Waals surface area (Å²) >= 11 is 1.57. The molecule has 0 radical (unpaired) electrons. The van der Waals surface area contributed by atoms with E-state index in [0.29, 0.717) is 17.5 Å². The Balaban J connectivity index is 1.59. The zero-order chi connectivity index (χ0) is 13.1. The molecule has 1 fully saturated rings. The third-order valence-corrected chi connectivity index (χ3v) is 4.08. The molecule has 1 atom stereocenters. The minimum Gasteiger partial charge on any atom is -0.339 e. The number of aromatic nitrogens is 2. The van der Waals surface area contributed by atoms with E-state index in [-0.39, 0.29) is 5.82 Å². The molecule has 0 saturated carbocycles. The standard InChI is InChI=1S/C13H14FN3OS/c14-10-1-3-11(4-2-10)19-8-12-16-13(18-17-12)9-5-6-15-7-9/h1-4,9,15H,5-8H2. The summed E-state index contributed by atoms with van der Waals surface area (Å²) in [4.78, 5) is 5.41. The number of benzene rings is 1. The number of hydrogen-bond donors (Lipinski definition) is 1. The summed E-state index contributed by atoms with van der Waals surface area (Å²) in [5, 5.41) is 7.26. The fraction of sp³-hybridized carbons (Fsp3) is 0.385. The van der Waals surface area contributed by atoms with Crippen LogP contribution in [-0.2, 0) is 5.75 Å². The predicted octanol–water partition coefficient (Wildman–Crippen LogP) is 2.58. The summed E-state index contributed by atoms with van der Waals surface area (Å²) in [6.45, 7) is 1.92. The van der Waals surface area contributed by atoms with Crippen molar-refractivity contribution in [1.29, 1.82) is 0 Å². The van der Waals surface area contributed by atoms with E-state index >= 15 is 0 Å². The SMILES string of the molecule is Fc1ccc(SCc2noc(C3CCNC3)n2)cc1. The van der Waals surface area contributed by atoms with E-state index in [2.05, 4.69) is 15.5 Å². The van der Waals surface area contributed by atoms with Crippen molar-refractivity contribution < 1.29 is 8.91 Å². The summed E-state index contributed by atoms with van der Waals surface area (Å²) < 4.78 is 18.1. The van der Waals surface area contributed by atoms with Crippen LogP contribution in [0.25, 0.3) is 0 Å². The van der Waals surface area contributed by atoms with Gasteiger partial charge >= 0.3 is 0 Å². The number of nitrogens with one attached hydrogen (secondary N) is 1. The predicted molar refractivity (Wildman–Crippen MR) is 70.5 cm³/mol. The average Bonchev–Trinajstić information content (AvgIpc) is 3.09. The lowest BCUT2D eigenvalue weighted by atomic mass is 10.1. The van der Waals surface area contributed by atoms with Gasteiger partial charge in [0.15, 0.2) is 5.82 Å². The third kappa shape index (κ3) is 3.13. The van der Waals surface area contributed by atoms with Crippen LogP contribution in [0.5, 0.6) is 0 Å².